The number of benzene rings is 3. The molecule has 164 valence electrons. The van der Waals surface area contributed by atoms with Gasteiger partial charge < -0.3 is 4.57 Å². The molecular formula is C27H21FN2O2S. The van der Waals surface area contributed by atoms with Crippen LogP contribution < -0.4 is 0 Å². The Morgan fingerprint density at radius 1 is 0.909 bits per heavy atom. The number of aryl methyl sites for hydroxylation is 1. The van der Waals surface area contributed by atoms with E-state index in [-0.39, 0.29) is 23.5 Å². The predicted molar refractivity (Wildman–Crippen MR) is 131 cm³/mol. The smallest absolute Gasteiger partial charge is 0.293 e. The quantitative estimate of drug-likeness (QED) is 0.324. The van der Waals surface area contributed by atoms with Crippen molar-refractivity contribution in [1.82, 2.24) is 9.47 Å². The van der Waals surface area contributed by atoms with Crippen LogP contribution in [0.1, 0.15) is 22.5 Å². The highest BCUT2D eigenvalue weighted by molar-refractivity contribution is 8.18. The van der Waals surface area contributed by atoms with E-state index < -0.39 is 0 Å². The molecule has 4 nitrogen and oxygen atoms in total. The van der Waals surface area contributed by atoms with E-state index in [2.05, 4.69) is 0 Å². The number of hydrogen-bond donors (Lipinski definition) is 0. The Kier molecular flexibility index (Phi) is 5.38. The van der Waals surface area contributed by atoms with E-state index >= 15 is 0 Å². The van der Waals surface area contributed by atoms with Crippen LogP contribution >= 0.6 is 11.8 Å². The number of imide groups is 1. The standard InChI is InChI=1S/C27H21FN2O2S/c1-17-13-22(18(2)30(17)24-10-6-5-9-23(24)28)15-25-26(31)29(27(32)33-25)16-19-11-12-20-7-3-4-8-21(20)14-19/h3-15H,16H2,1-2H3/b25-15-. The third-order valence-electron chi connectivity index (χ3n) is 5.88. The van der Waals surface area contributed by atoms with E-state index in [1.165, 1.54) is 11.0 Å². The lowest BCUT2D eigenvalue weighted by molar-refractivity contribution is -0.123. The maximum absolute atomic E-state index is 14.4. The molecule has 1 fully saturated rings. The fourth-order valence-electron chi connectivity index (χ4n) is 4.23. The first-order valence-electron chi connectivity index (χ1n) is 10.6. The van der Waals surface area contributed by atoms with Gasteiger partial charge in [-0.25, -0.2) is 4.39 Å². The van der Waals surface area contributed by atoms with Crippen LogP contribution in [0.25, 0.3) is 22.5 Å². The molecule has 0 unspecified atom stereocenters. The minimum Gasteiger partial charge on any atom is -0.315 e. The molecule has 33 heavy (non-hydrogen) atoms. The molecule has 0 spiro atoms. The summed E-state index contributed by atoms with van der Waals surface area (Å²) in [4.78, 5) is 27.4. The number of para-hydroxylation sites is 1. The summed E-state index contributed by atoms with van der Waals surface area (Å²) < 4.78 is 16.2. The van der Waals surface area contributed by atoms with Crippen molar-refractivity contribution in [3.63, 3.8) is 0 Å². The second-order valence-corrected chi connectivity index (χ2v) is 9.06. The van der Waals surface area contributed by atoms with Crippen LogP contribution in [0.2, 0.25) is 0 Å². The Labute approximate surface area is 195 Å². The Morgan fingerprint density at radius 3 is 2.42 bits per heavy atom. The number of nitrogens with zero attached hydrogens (tertiary/aromatic N) is 2. The van der Waals surface area contributed by atoms with Crippen molar-refractivity contribution in [2.75, 3.05) is 0 Å². The summed E-state index contributed by atoms with van der Waals surface area (Å²) in [6, 6.07) is 22.4. The van der Waals surface area contributed by atoms with Crippen molar-refractivity contribution in [3.05, 3.63) is 106 Å². The molecule has 0 atom stereocenters. The summed E-state index contributed by atoms with van der Waals surface area (Å²) in [5, 5.41) is 1.89. The van der Waals surface area contributed by atoms with Crippen molar-refractivity contribution in [3.8, 4) is 5.69 Å². The van der Waals surface area contributed by atoms with Crippen LogP contribution in [0.4, 0.5) is 9.18 Å². The van der Waals surface area contributed by atoms with Gasteiger partial charge in [0.15, 0.2) is 0 Å². The number of rotatable bonds is 4. The zero-order valence-corrected chi connectivity index (χ0v) is 19.0. The number of aromatic nitrogens is 1. The second kappa shape index (κ2) is 8.37. The number of carbonyl (C=O) groups excluding carboxylic acids is 2. The molecule has 0 aliphatic carbocycles. The van der Waals surface area contributed by atoms with Gasteiger partial charge in [-0.2, -0.15) is 0 Å². The van der Waals surface area contributed by atoms with E-state index in [9.17, 15) is 14.0 Å². The van der Waals surface area contributed by atoms with Gasteiger partial charge in [0.1, 0.15) is 5.82 Å². The SMILES string of the molecule is Cc1cc(/C=C2\SC(=O)N(Cc3ccc4ccccc4c3)C2=O)c(C)n1-c1ccccc1F. The molecule has 1 aliphatic rings. The number of amides is 2. The van der Waals surface area contributed by atoms with Crippen LogP contribution in [0, 0.1) is 19.7 Å². The van der Waals surface area contributed by atoms with Crippen LogP contribution in [0.5, 0.6) is 0 Å². The van der Waals surface area contributed by atoms with Gasteiger partial charge in [-0.1, -0.05) is 48.5 Å². The molecule has 6 heteroatoms. The minimum atomic E-state index is -0.318. The first-order chi connectivity index (χ1) is 15.9. The summed E-state index contributed by atoms with van der Waals surface area (Å²) in [5.41, 5.74) is 3.79. The Hall–Kier alpha value is -3.64. The van der Waals surface area contributed by atoms with Crippen LogP contribution in [0.15, 0.2) is 77.7 Å². The van der Waals surface area contributed by atoms with Crippen LogP contribution in [-0.2, 0) is 11.3 Å². The highest BCUT2D eigenvalue weighted by Crippen LogP contribution is 2.35. The molecule has 3 aromatic carbocycles. The summed E-state index contributed by atoms with van der Waals surface area (Å²) in [5.74, 6) is -0.629. The summed E-state index contributed by atoms with van der Waals surface area (Å²) in [7, 11) is 0. The molecule has 0 N–H and O–H groups in total. The zero-order valence-electron chi connectivity index (χ0n) is 18.2. The molecule has 1 saturated heterocycles. The van der Waals surface area contributed by atoms with Crippen LogP contribution in [0.3, 0.4) is 0 Å². The summed E-state index contributed by atoms with van der Waals surface area (Å²) in [6.45, 7) is 3.99. The monoisotopic (exact) mass is 456 g/mol. The Morgan fingerprint density at radius 2 is 1.64 bits per heavy atom. The molecule has 0 bridgehead atoms. The van der Waals surface area contributed by atoms with Gasteiger partial charge in [0.05, 0.1) is 17.1 Å². The van der Waals surface area contributed by atoms with Crippen LogP contribution in [-0.4, -0.2) is 20.6 Å². The van der Waals surface area contributed by atoms with Gasteiger partial charge in [0.25, 0.3) is 11.1 Å². The minimum absolute atomic E-state index is 0.223. The molecule has 2 heterocycles. The molecule has 5 rings (SSSR count). The topological polar surface area (TPSA) is 42.3 Å². The molecule has 0 saturated carbocycles. The Balaban J connectivity index is 1.43. The lowest BCUT2D eigenvalue weighted by atomic mass is 10.1. The first kappa shape index (κ1) is 21.2. The molecule has 1 aromatic heterocycles. The highest BCUT2D eigenvalue weighted by Gasteiger charge is 2.35. The van der Waals surface area contributed by atoms with Crippen molar-refractivity contribution in [2.24, 2.45) is 0 Å². The number of halogens is 1. The van der Waals surface area contributed by atoms with E-state index in [1.807, 2.05) is 66.9 Å². The van der Waals surface area contributed by atoms with E-state index in [0.29, 0.717) is 10.6 Å². The number of hydrogen-bond acceptors (Lipinski definition) is 3. The number of thioether (sulfide) groups is 1. The predicted octanol–water partition coefficient (Wildman–Crippen LogP) is 6.62. The number of carbonyl (C=O) groups is 2. The van der Waals surface area contributed by atoms with E-state index in [4.69, 9.17) is 0 Å². The van der Waals surface area contributed by atoms with Gasteiger partial charge in [0.2, 0.25) is 0 Å². The molecule has 0 radical (unpaired) electrons. The molecule has 4 aromatic rings. The van der Waals surface area contributed by atoms with E-state index in [1.54, 1.807) is 24.3 Å². The molecular weight excluding hydrogens is 435 g/mol. The zero-order chi connectivity index (χ0) is 23.1. The van der Waals surface area contributed by atoms with Gasteiger partial charge >= 0.3 is 0 Å². The van der Waals surface area contributed by atoms with Gasteiger partial charge in [0, 0.05) is 11.4 Å². The molecule has 1 aliphatic heterocycles. The van der Waals surface area contributed by atoms with Gasteiger partial charge in [-0.3, -0.25) is 14.5 Å². The first-order valence-corrected chi connectivity index (χ1v) is 11.4. The third-order valence-corrected chi connectivity index (χ3v) is 6.79. The lowest BCUT2D eigenvalue weighted by Gasteiger charge is -2.13. The van der Waals surface area contributed by atoms with Gasteiger partial charge in [-0.05, 0) is 77.9 Å². The van der Waals surface area contributed by atoms with Crippen molar-refractivity contribution >= 4 is 39.8 Å². The average molecular weight is 457 g/mol. The van der Waals surface area contributed by atoms with E-state index in [0.717, 1.165) is 45.0 Å². The summed E-state index contributed by atoms with van der Waals surface area (Å²) >= 11 is 0.937. The van der Waals surface area contributed by atoms with Crippen molar-refractivity contribution in [2.45, 2.75) is 20.4 Å². The third kappa shape index (κ3) is 3.87. The largest absolute Gasteiger partial charge is 0.315 e. The van der Waals surface area contributed by atoms with Gasteiger partial charge in [-0.15, -0.1) is 0 Å². The molecule has 2 amide bonds. The lowest BCUT2D eigenvalue weighted by Crippen LogP contribution is -2.27. The summed E-state index contributed by atoms with van der Waals surface area (Å²) in [6.07, 6.45) is 1.73. The Bertz CT molecular complexity index is 1450. The normalized spacial score (nSPS) is 15.2. The average Bonchev–Trinajstić information content (AvgIpc) is 3.23. The maximum Gasteiger partial charge on any atom is 0.293 e. The fraction of sp³-hybridized carbons (Fsp3) is 0.111. The second-order valence-electron chi connectivity index (χ2n) is 8.06. The highest BCUT2D eigenvalue weighted by atomic mass is 32.2. The fourth-order valence-corrected chi connectivity index (χ4v) is 5.06. The number of fused-ring (bicyclic) bond motifs is 1. The van der Waals surface area contributed by atoms with Crippen molar-refractivity contribution in [1.29, 1.82) is 0 Å². The maximum atomic E-state index is 14.4. The van der Waals surface area contributed by atoms with Crippen molar-refractivity contribution < 1.29 is 14.0 Å².